The third-order valence-electron chi connectivity index (χ3n) is 3.16. The minimum atomic E-state index is -0.220. The van der Waals surface area contributed by atoms with E-state index in [1.54, 1.807) is 12.1 Å². The van der Waals surface area contributed by atoms with Crippen LogP contribution in [0.2, 0.25) is 0 Å². The summed E-state index contributed by atoms with van der Waals surface area (Å²) < 4.78 is 12.9. The molecule has 1 aromatic carbocycles. The van der Waals surface area contributed by atoms with Gasteiger partial charge in [0.2, 0.25) is 0 Å². The molecule has 0 bridgehead atoms. The van der Waals surface area contributed by atoms with E-state index < -0.39 is 0 Å². The molecule has 0 aliphatic rings. The van der Waals surface area contributed by atoms with Crippen LogP contribution in [0.5, 0.6) is 0 Å². The Hall–Kier alpha value is -2.17. The Morgan fingerprint density at radius 1 is 1.15 bits per heavy atom. The van der Waals surface area contributed by atoms with Crippen LogP contribution >= 0.6 is 0 Å². The second-order valence-electron chi connectivity index (χ2n) is 4.80. The Balaban J connectivity index is 2.26. The van der Waals surface area contributed by atoms with Crippen molar-refractivity contribution in [2.75, 3.05) is 24.3 Å². The number of aryl methyl sites for hydroxylation is 1. The molecule has 2 aromatic rings. The molecule has 0 spiro atoms. The maximum Gasteiger partial charge on any atom is 0.137 e. The first-order chi connectivity index (χ1) is 9.51. The molecule has 106 valence electrons. The van der Waals surface area contributed by atoms with E-state index in [0.717, 1.165) is 28.6 Å². The van der Waals surface area contributed by atoms with Gasteiger partial charge in [0, 0.05) is 26.2 Å². The summed E-state index contributed by atoms with van der Waals surface area (Å²) in [6.45, 7) is 4.53. The highest BCUT2D eigenvalue weighted by Gasteiger charge is 2.12. The van der Waals surface area contributed by atoms with Gasteiger partial charge in [-0.1, -0.05) is 12.1 Å². The molecule has 0 saturated heterocycles. The Morgan fingerprint density at radius 3 is 2.40 bits per heavy atom. The normalized spacial score (nSPS) is 10.4. The van der Waals surface area contributed by atoms with Crippen LogP contribution in [0.15, 0.2) is 24.3 Å². The molecule has 0 radical (unpaired) electrons. The van der Waals surface area contributed by atoms with Crippen LogP contribution in [0.25, 0.3) is 0 Å². The predicted molar refractivity (Wildman–Crippen MR) is 79.6 cm³/mol. The van der Waals surface area contributed by atoms with E-state index >= 15 is 0 Å². The quantitative estimate of drug-likeness (QED) is 0.930. The van der Waals surface area contributed by atoms with E-state index in [9.17, 15) is 4.39 Å². The van der Waals surface area contributed by atoms with E-state index in [2.05, 4.69) is 15.3 Å². The molecular weight excluding hydrogens is 255 g/mol. The van der Waals surface area contributed by atoms with Crippen molar-refractivity contribution in [1.29, 1.82) is 0 Å². The van der Waals surface area contributed by atoms with Crippen LogP contribution in [0.1, 0.15) is 17.0 Å². The molecular formula is C15H19FN4. The van der Waals surface area contributed by atoms with E-state index in [0.29, 0.717) is 6.54 Å². The average molecular weight is 274 g/mol. The number of benzene rings is 1. The standard InChI is InChI=1S/C15H19FN4/c1-10-14(17-3)18-11(2)19-15(10)20(4)9-12-5-7-13(16)8-6-12/h5-8H,9H2,1-4H3,(H,17,18,19). The number of nitrogens with one attached hydrogen (secondary N) is 1. The number of anilines is 2. The maximum atomic E-state index is 12.9. The number of rotatable bonds is 4. The average Bonchev–Trinajstić information content (AvgIpc) is 2.43. The molecule has 5 heteroatoms. The monoisotopic (exact) mass is 274 g/mol. The van der Waals surface area contributed by atoms with Crippen LogP contribution in [0, 0.1) is 19.7 Å². The van der Waals surface area contributed by atoms with Crippen molar-refractivity contribution in [2.24, 2.45) is 0 Å². The van der Waals surface area contributed by atoms with Gasteiger partial charge in [0.15, 0.2) is 0 Å². The van der Waals surface area contributed by atoms with E-state index in [1.165, 1.54) is 12.1 Å². The van der Waals surface area contributed by atoms with Crippen LogP contribution in [0.4, 0.5) is 16.0 Å². The van der Waals surface area contributed by atoms with E-state index in [1.807, 2.05) is 32.8 Å². The van der Waals surface area contributed by atoms with Gasteiger partial charge >= 0.3 is 0 Å². The van der Waals surface area contributed by atoms with Gasteiger partial charge in [-0.3, -0.25) is 0 Å². The molecule has 0 unspecified atom stereocenters. The van der Waals surface area contributed by atoms with Gasteiger partial charge in [-0.05, 0) is 31.5 Å². The summed E-state index contributed by atoms with van der Waals surface area (Å²) in [5, 5.41) is 3.08. The van der Waals surface area contributed by atoms with Gasteiger partial charge < -0.3 is 10.2 Å². The zero-order valence-corrected chi connectivity index (χ0v) is 12.2. The fraction of sp³-hybridized carbons (Fsp3) is 0.333. The van der Waals surface area contributed by atoms with Crippen molar-refractivity contribution >= 4 is 11.6 Å². The molecule has 0 aliphatic carbocycles. The third kappa shape index (κ3) is 3.04. The smallest absolute Gasteiger partial charge is 0.137 e. The van der Waals surface area contributed by atoms with Crippen molar-refractivity contribution in [3.05, 3.63) is 47.0 Å². The summed E-state index contributed by atoms with van der Waals surface area (Å²) in [4.78, 5) is 10.9. The largest absolute Gasteiger partial charge is 0.373 e. The van der Waals surface area contributed by atoms with Gasteiger partial charge in [-0.15, -0.1) is 0 Å². The molecule has 0 atom stereocenters. The maximum absolute atomic E-state index is 12.9. The van der Waals surface area contributed by atoms with Gasteiger partial charge in [-0.2, -0.15) is 0 Å². The van der Waals surface area contributed by atoms with Crippen molar-refractivity contribution in [2.45, 2.75) is 20.4 Å². The topological polar surface area (TPSA) is 41.1 Å². The third-order valence-corrected chi connectivity index (χ3v) is 3.16. The first-order valence-corrected chi connectivity index (χ1v) is 6.50. The van der Waals surface area contributed by atoms with Crippen LogP contribution < -0.4 is 10.2 Å². The fourth-order valence-electron chi connectivity index (χ4n) is 2.17. The lowest BCUT2D eigenvalue weighted by Gasteiger charge is -2.22. The second-order valence-corrected chi connectivity index (χ2v) is 4.80. The lowest BCUT2D eigenvalue weighted by molar-refractivity contribution is 0.627. The number of aromatic nitrogens is 2. The van der Waals surface area contributed by atoms with E-state index in [4.69, 9.17) is 0 Å². The first-order valence-electron chi connectivity index (χ1n) is 6.50. The second kappa shape index (κ2) is 5.86. The van der Waals surface area contributed by atoms with Crippen LogP contribution in [-0.4, -0.2) is 24.1 Å². The van der Waals surface area contributed by atoms with Crippen molar-refractivity contribution < 1.29 is 4.39 Å². The van der Waals surface area contributed by atoms with Crippen LogP contribution in [0.3, 0.4) is 0 Å². The zero-order valence-electron chi connectivity index (χ0n) is 12.2. The SMILES string of the molecule is CNc1nc(C)nc(N(C)Cc2ccc(F)cc2)c1C. The van der Waals surface area contributed by atoms with Gasteiger partial charge in [0.25, 0.3) is 0 Å². The molecule has 4 nitrogen and oxygen atoms in total. The highest BCUT2D eigenvalue weighted by Crippen LogP contribution is 2.23. The van der Waals surface area contributed by atoms with E-state index in [-0.39, 0.29) is 5.82 Å². The molecule has 1 heterocycles. The lowest BCUT2D eigenvalue weighted by atomic mass is 10.2. The summed E-state index contributed by atoms with van der Waals surface area (Å²) in [5.74, 6) is 2.22. The summed E-state index contributed by atoms with van der Waals surface area (Å²) in [6.07, 6.45) is 0. The minimum Gasteiger partial charge on any atom is -0.373 e. The number of hydrogen-bond donors (Lipinski definition) is 1. The van der Waals surface area contributed by atoms with Crippen molar-refractivity contribution in [1.82, 2.24) is 9.97 Å². The predicted octanol–water partition coefficient (Wildman–Crippen LogP) is 2.91. The first kappa shape index (κ1) is 14.2. The summed E-state index contributed by atoms with van der Waals surface area (Å²) in [5.41, 5.74) is 2.04. The molecule has 2 rings (SSSR count). The lowest BCUT2D eigenvalue weighted by Crippen LogP contribution is -2.20. The molecule has 0 amide bonds. The van der Waals surface area contributed by atoms with Crippen LogP contribution in [-0.2, 0) is 6.54 Å². The Kier molecular flexibility index (Phi) is 4.17. The number of halogens is 1. The van der Waals surface area contributed by atoms with Gasteiger partial charge in [0.1, 0.15) is 23.3 Å². The number of hydrogen-bond acceptors (Lipinski definition) is 4. The summed E-state index contributed by atoms with van der Waals surface area (Å²) in [6, 6.07) is 6.52. The summed E-state index contributed by atoms with van der Waals surface area (Å²) >= 11 is 0. The molecule has 0 aliphatic heterocycles. The van der Waals surface area contributed by atoms with Crippen molar-refractivity contribution in [3.8, 4) is 0 Å². The molecule has 0 saturated carbocycles. The highest BCUT2D eigenvalue weighted by atomic mass is 19.1. The van der Waals surface area contributed by atoms with Gasteiger partial charge in [0.05, 0.1) is 0 Å². The highest BCUT2D eigenvalue weighted by molar-refractivity contribution is 5.58. The molecule has 1 N–H and O–H groups in total. The van der Waals surface area contributed by atoms with Gasteiger partial charge in [-0.25, -0.2) is 14.4 Å². The van der Waals surface area contributed by atoms with Crippen molar-refractivity contribution in [3.63, 3.8) is 0 Å². The molecule has 1 aromatic heterocycles. The Morgan fingerprint density at radius 2 is 1.80 bits per heavy atom. The fourth-order valence-corrected chi connectivity index (χ4v) is 2.17. The number of nitrogens with zero attached hydrogens (tertiary/aromatic N) is 3. The zero-order chi connectivity index (χ0) is 14.7. The molecule has 0 fully saturated rings. The Labute approximate surface area is 118 Å². The summed E-state index contributed by atoms with van der Waals surface area (Å²) in [7, 11) is 3.82. The minimum absolute atomic E-state index is 0.220. The Bertz CT molecular complexity index is 596. The molecule has 20 heavy (non-hydrogen) atoms.